The van der Waals surface area contributed by atoms with Gasteiger partial charge in [-0.05, 0) is 18.6 Å². The predicted molar refractivity (Wildman–Crippen MR) is 63.6 cm³/mol. The SMILES string of the molecule is Cc1ccnc(Cl)c1N1CC(C(N)=O)CC1=O. The van der Waals surface area contributed by atoms with Crippen LogP contribution in [0.3, 0.4) is 0 Å². The standard InChI is InChI=1S/C11H12ClN3O2/c1-6-2-3-14-10(12)9(6)15-5-7(11(13)17)4-8(15)16/h2-3,7H,4-5H2,1H3,(H2,13,17). The van der Waals surface area contributed by atoms with Crippen molar-refractivity contribution in [2.45, 2.75) is 13.3 Å². The summed E-state index contributed by atoms with van der Waals surface area (Å²) in [6.45, 7) is 2.12. The molecule has 0 spiro atoms. The van der Waals surface area contributed by atoms with Crippen LogP contribution in [0.2, 0.25) is 5.15 Å². The largest absolute Gasteiger partial charge is 0.369 e. The molecule has 17 heavy (non-hydrogen) atoms. The van der Waals surface area contributed by atoms with Crippen molar-refractivity contribution in [2.75, 3.05) is 11.4 Å². The Morgan fingerprint density at radius 3 is 2.88 bits per heavy atom. The number of carbonyl (C=O) groups excluding carboxylic acids is 2. The van der Waals surface area contributed by atoms with E-state index in [2.05, 4.69) is 4.98 Å². The first kappa shape index (κ1) is 11.9. The molecule has 1 aliphatic rings. The number of nitrogens with two attached hydrogens (primary N) is 1. The molecule has 1 aromatic heterocycles. The van der Waals surface area contributed by atoms with Crippen LogP contribution in [0.5, 0.6) is 0 Å². The molecule has 1 fully saturated rings. The van der Waals surface area contributed by atoms with E-state index in [1.807, 2.05) is 6.92 Å². The van der Waals surface area contributed by atoms with Gasteiger partial charge in [-0.2, -0.15) is 0 Å². The molecular weight excluding hydrogens is 242 g/mol. The zero-order chi connectivity index (χ0) is 12.6. The topological polar surface area (TPSA) is 76.3 Å². The van der Waals surface area contributed by atoms with Crippen molar-refractivity contribution in [1.29, 1.82) is 0 Å². The minimum Gasteiger partial charge on any atom is -0.369 e. The van der Waals surface area contributed by atoms with Crippen LogP contribution in [-0.4, -0.2) is 23.3 Å². The Bertz CT molecular complexity index is 469. The lowest BCUT2D eigenvalue weighted by Crippen LogP contribution is -2.29. The van der Waals surface area contributed by atoms with Gasteiger partial charge >= 0.3 is 0 Å². The first-order chi connectivity index (χ1) is 8.00. The van der Waals surface area contributed by atoms with Crippen LogP contribution in [0.1, 0.15) is 12.0 Å². The zero-order valence-electron chi connectivity index (χ0n) is 9.31. The Balaban J connectivity index is 2.35. The number of aryl methyl sites for hydroxylation is 1. The Labute approximate surface area is 104 Å². The molecule has 90 valence electrons. The molecule has 5 nitrogen and oxygen atoms in total. The van der Waals surface area contributed by atoms with Crippen LogP contribution in [0, 0.1) is 12.8 Å². The van der Waals surface area contributed by atoms with E-state index < -0.39 is 11.8 Å². The van der Waals surface area contributed by atoms with Gasteiger partial charge in [0.1, 0.15) is 0 Å². The minimum atomic E-state index is -0.460. The van der Waals surface area contributed by atoms with Crippen molar-refractivity contribution in [3.63, 3.8) is 0 Å². The van der Waals surface area contributed by atoms with Crippen molar-refractivity contribution in [3.05, 3.63) is 23.0 Å². The number of aromatic nitrogens is 1. The normalized spacial score (nSPS) is 19.8. The number of carbonyl (C=O) groups is 2. The zero-order valence-corrected chi connectivity index (χ0v) is 10.1. The molecule has 2 N–H and O–H groups in total. The second kappa shape index (κ2) is 4.33. The lowest BCUT2D eigenvalue weighted by molar-refractivity contribution is -0.123. The van der Waals surface area contributed by atoms with Crippen molar-refractivity contribution in [1.82, 2.24) is 4.98 Å². The molecule has 0 radical (unpaired) electrons. The lowest BCUT2D eigenvalue weighted by Gasteiger charge is -2.19. The average Bonchev–Trinajstić information content (AvgIpc) is 2.61. The number of anilines is 1. The number of rotatable bonds is 2. The summed E-state index contributed by atoms with van der Waals surface area (Å²) in [6.07, 6.45) is 1.72. The molecule has 0 aromatic carbocycles. The third-order valence-electron chi connectivity index (χ3n) is 2.88. The van der Waals surface area contributed by atoms with Gasteiger partial charge in [0.25, 0.3) is 0 Å². The van der Waals surface area contributed by atoms with Gasteiger partial charge in [-0.1, -0.05) is 11.6 Å². The van der Waals surface area contributed by atoms with E-state index in [0.29, 0.717) is 5.69 Å². The van der Waals surface area contributed by atoms with Gasteiger partial charge in [-0.3, -0.25) is 9.59 Å². The Morgan fingerprint density at radius 2 is 2.35 bits per heavy atom. The average molecular weight is 254 g/mol. The highest BCUT2D eigenvalue weighted by Gasteiger charge is 2.35. The van der Waals surface area contributed by atoms with Gasteiger partial charge < -0.3 is 10.6 Å². The highest BCUT2D eigenvalue weighted by molar-refractivity contribution is 6.32. The second-order valence-electron chi connectivity index (χ2n) is 4.08. The molecule has 2 heterocycles. The van der Waals surface area contributed by atoms with E-state index in [1.54, 1.807) is 12.3 Å². The lowest BCUT2D eigenvalue weighted by atomic mass is 10.1. The van der Waals surface area contributed by atoms with Crippen molar-refractivity contribution >= 4 is 29.1 Å². The highest BCUT2D eigenvalue weighted by Crippen LogP contribution is 2.32. The Morgan fingerprint density at radius 1 is 1.65 bits per heavy atom. The maximum atomic E-state index is 11.8. The molecule has 2 amide bonds. The molecule has 6 heteroatoms. The quantitative estimate of drug-likeness (QED) is 0.795. The molecule has 0 aliphatic carbocycles. The number of hydrogen-bond donors (Lipinski definition) is 1. The predicted octanol–water partition coefficient (Wildman–Crippen LogP) is 0.882. The van der Waals surface area contributed by atoms with Gasteiger partial charge in [0.05, 0.1) is 11.6 Å². The molecule has 1 aliphatic heterocycles. The van der Waals surface area contributed by atoms with Gasteiger partial charge in [0.2, 0.25) is 11.8 Å². The van der Waals surface area contributed by atoms with Crippen molar-refractivity contribution < 1.29 is 9.59 Å². The fourth-order valence-electron chi connectivity index (χ4n) is 1.96. The van der Waals surface area contributed by atoms with Crippen LogP contribution in [0.15, 0.2) is 12.3 Å². The summed E-state index contributed by atoms with van der Waals surface area (Å²) in [7, 11) is 0. The van der Waals surface area contributed by atoms with Crippen LogP contribution < -0.4 is 10.6 Å². The summed E-state index contributed by atoms with van der Waals surface area (Å²) in [6, 6.07) is 1.77. The van der Waals surface area contributed by atoms with Crippen LogP contribution in [-0.2, 0) is 9.59 Å². The summed E-state index contributed by atoms with van der Waals surface area (Å²) in [5.74, 6) is -1.05. The highest BCUT2D eigenvalue weighted by atomic mass is 35.5. The molecular formula is C11H12ClN3O2. The third kappa shape index (κ3) is 2.10. The summed E-state index contributed by atoms with van der Waals surface area (Å²) in [5, 5.41) is 0.267. The van der Waals surface area contributed by atoms with Gasteiger partial charge in [-0.15, -0.1) is 0 Å². The molecule has 0 saturated carbocycles. The van der Waals surface area contributed by atoms with Crippen LogP contribution in [0.25, 0.3) is 0 Å². The fourth-order valence-corrected chi connectivity index (χ4v) is 2.26. The number of hydrogen-bond acceptors (Lipinski definition) is 3. The second-order valence-corrected chi connectivity index (χ2v) is 4.43. The Hall–Kier alpha value is -1.62. The summed E-state index contributed by atoms with van der Waals surface area (Å²) >= 11 is 5.98. The fraction of sp³-hybridized carbons (Fsp3) is 0.364. The molecule has 2 rings (SSSR count). The smallest absolute Gasteiger partial charge is 0.227 e. The van der Waals surface area contributed by atoms with E-state index in [0.717, 1.165) is 5.56 Å². The summed E-state index contributed by atoms with van der Waals surface area (Å²) in [4.78, 5) is 28.3. The number of halogens is 1. The first-order valence-corrected chi connectivity index (χ1v) is 5.59. The number of primary amides is 1. The van der Waals surface area contributed by atoms with Crippen LogP contribution >= 0.6 is 11.6 Å². The number of nitrogens with zero attached hydrogens (tertiary/aromatic N) is 2. The number of amides is 2. The maximum Gasteiger partial charge on any atom is 0.227 e. The monoisotopic (exact) mass is 253 g/mol. The van der Waals surface area contributed by atoms with E-state index in [-0.39, 0.29) is 24.0 Å². The third-order valence-corrected chi connectivity index (χ3v) is 3.16. The van der Waals surface area contributed by atoms with E-state index >= 15 is 0 Å². The minimum absolute atomic E-state index is 0.139. The summed E-state index contributed by atoms with van der Waals surface area (Å²) < 4.78 is 0. The van der Waals surface area contributed by atoms with Crippen molar-refractivity contribution in [3.8, 4) is 0 Å². The molecule has 1 atom stereocenters. The molecule has 1 saturated heterocycles. The summed E-state index contributed by atoms with van der Waals surface area (Å²) in [5.41, 5.74) is 6.63. The van der Waals surface area contributed by atoms with Gasteiger partial charge in [0.15, 0.2) is 5.15 Å². The number of pyridine rings is 1. The Kier molecular flexibility index (Phi) is 3.02. The van der Waals surface area contributed by atoms with Crippen molar-refractivity contribution in [2.24, 2.45) is 11.7 Å². The van der Waals surface area contributed by atoms with E-state index in [4.69, 9.17) is 17.3 Å². The first-order valence-electron chi connectivity index (χ1n) is 5.21. The maximum absolute atomic E-state index is 11.8. The molecule has 1 unspecified atom stereocenters. The van der Waals surface area contributed by atoms with Crippen LogP contribution in [0.4, 0.5) is 5.69 Å². The van der Waals surface area contributed by atoms with E-state index in [9.17, 15) is 9.59 Å². The van der Waals surface area contributed by atoms with Gasteiger partial charge in [0, 0.05) is 19.2 Å². The van der Waals surface area contributed by atoms with Gasteiger partial charge in [-0.25, -0.2) is 4.98 Å². The molecule has 1 aromatic rings. The van der Waals surface area contributed by atoms with E-state index in [1.165, 1.54) is 4.90 Å². The molecule has 0 bridgehead atoms.